The SMILES string of the molecule is CSCC(N)c1ccc(C(C)(C)C)cc1C. The molecule has 0 amide bonds. The Labute approximate surface area is 104 Å². The summed E-state index contributed by atoms with van der Waals surface area (Å²) in [5.41, 5.74) is 10.3. The summed E-state index contributed by atoms with van der Waals surface area (Å²) in [5, 5.41) is 0. The standard InChI is InChI=1S/C14H23NS/c1-10-8-11(14(2,3)4)6-7-12(10)13(15)9-16-5/h6-8,13H,9,15H2,1-5H3. The molecule has 1 nitrogen and oxygen atoms in total. The molecule has 0 heterocycles. The van der Waals surface area contributed by atoms with Crippen LogP contribution in [-0.4, -0.2) is 12.0 Å². The molecule has 1 rings (SSSR count). The molecule has 1 unspecified atom stereocenters. The van der Waals surface area contributed by atoms with Gasteiger partial charge in [-0.2, -0.15) is 11.8 Å². The highest BCUT2D eigenvalue weighted by Crippen LogP contribution is 2.26. The molecule has 2 N–H and O–H groups in total. The number of hydrogen-bond acceptors (Lipinski definition) is 2. The van der Waals surface area contributed by atoms with Crippen LogP contribution in [0.1, 0.15) is 43.5 Å². The van der Waals surface area contributed by atoms with E-state index in [2.05, 4.69) is 52.1 Å². The molecule has 0 aliphatic rings. The Kier molecular flexibility index (Phi) is 4.45. The average molecular weight is 237 g/mol. The number of hydrogen-bond donors (Lipinski definition) is 1. The van der Waals surface area contributed by atoms with Crippen molar-refractivity contribution in [2.45, 2.75) is 39.2 Å². The second kappa shape index (κ2) is 5.24. The molecular formula is C14H23NS. The molecule has 0 spiro atoms. The van der Waals surface area contributed by atoms with Gasteiger partial charge >= 0.3 is 0 Å². The van der Waals surface area contributed by atoms with Crippen LogP contribution in [0.2, 0.25) is 0 Å². The number of rotatable bonds is 3. The number of nitrogens with two attached hydrogens (primary N) is 1. The lowest BCUT2D eigenvalue weighted by Crippen LogP contribution is -2.16. The van der Waals surface area contributed by atoms with E-state index in [4.69, 9.17) is 5.73 Å². The van der Waals surface area contributed by atoms with Crippen LogP contribution in [0.15, 0.2) is 18.2 Å². The van der Waals surface area contributed by atoms with Crippen molar-refractivity contribution in [3.8, 4) is 0 Å². The van der Waals surface area contributed by atoms with Crippen molar-refractivity contribution in [1.29, 1.82) is 0 Å². The van der Waals surface area contributed by atoms with E-state index >= 15 is 0 Å². The van der Waals surface area contributed by atoms with Gasteiger partial charge in [0.2, 0.25) is 0 Å². The Bertz CT molecular complexity index is 352. The largest absolute Gasteiger partial charge is 0.323 e. The Hall–Kier alpha value is -0.470. The minimum atomic E-state index is 0.156. The van der Waals surface area contributed by atoms with Crippen molar-refractivity contribution in [2.24, 2.45) is 5.73 Å². The van der Waals surface area contributed by atoms with Gasteiger partial charge in [0.25, 0.3) is 0 Å². The summed E-state index contributed by atoms with van der Waals surface area (Å²) >= 11 is 1.80. The van der Waals surface area contributed by atoms with Crippen molar-refractivity contribution < 1.29 is 0 Å². The Balaban J connectivity index is 3.00. The van der Waals surface area contributed by atoms with E-state index in [0.717, 1.165) is 5.75 Å². The number of aryl methyl sites for hydroxylation is 1. The molecule has 0 saturated heterocycles. The maximum Gasteiger partial charge on any atom is 0.0389 e. The van der Waals surface area contributed by atoms with Crippen molar-refractivity contribution in [1.82, 2.24) is 0 Å². The van der Waals surface area contributed by atoms with Gasteiger partial charge < -0.3 is 5.73 Å². The molecule has 1 aromatic rings. The highest BCUT2D eigenvalue weighted by molar-refractivity contribution is 7.98. The third kappa shape index (κ3) is 3.26. The summed E-state index contributed by atoms with van der Waals surface area (Å²) in [7, 11) is 0. The Morgan fingerprint density at radius 2 is 1.94 bits per heavy atom. The van der Waals surface area contributed by atoms with Crippen molar-refractivity contribution >= 4 is 11.8 Å². The third-order valence-electron chi connectivity index (χ3n) is 2.88. The molecule has 2 heteroatoms. The molecule has 1 aromatic carbocycles. The van der Waals surface area contributed by atoms with Crippen LogP contribution in [-0.2, 0) is 5.41 Å². The molecule has 0 aliphatic heterocycles. The third-order valence-corrected chi connectivity index (χ3v) is 3.57. The topological polar surface area (TPSA) is 26.0 Å². The molecule has 1 atom stereocenters. The summed E-state index contributed by atoms with van der Waals surface area (Å²) in [6.07, 6.45) is 2.10. The predicted octanol–water partition coefficient (Wildman–Crippen LogP) is 3.66. The van der Waals surface area contributed by atoms with Crippen LogP contribution >= 0.6 is 11.8 Å². The predicted molar refractivity (Wildman–Crippen MR) is 75.2 cm³/mol. The fraction of sp³-hybridized carbons (Fsp3) is 0.571. The lowest BCUT2D eigenvalue weighted by molar-refractivity contribution is 0.589. The lowest BCUT2D eigenvalue weighted by Gasteiger charge is -2.22. The van der Waals surface area contributed by atoms with E-state index in [-0.39, 0.29) is 11.5 Å². The fourth-order valence-corrected chi connectivity index (χ4v) is 2.37. The van der Waals surface area contributed by atoms with Crippen LogP contribution in [0.25, 0.3) is 0 Å². The van der Waals surface area contributed by atoms with Gasteiger partial charge in [-0.15, -0.1) is 0 Å². The van der Waals surface area contributed by atoms with E-state index in [1.807, 2.05) is 0 Å². The summed E-state index contributed by atoms with van der Waals surface area (Å²) < 4.78 is 0. The zero-order chi connectivity index (χ0) is 12.3. The average Bonchev–Trinajstić information content (AvgIpc) is 2.16. The molecule has 90 valence electrons. The Morgan fingerprint density at radius 3 is 2.38 bits per heavy atom. The molecular weight excluding hydrogens is 214 g/mol. The molecule has 0 aromatic heterocycles. The van der Waals surface area contributed by atoms with Crippen LogP contribution < -0.4 is 5.73 Å². The molecule has 0 aliphatic carbocycles. The maximum atomic E-state index is 6.14. The highest BCUT2D eigenvalue weighted by Gasteiger charge is 2.16. The highest BCUT2D eigenvalue weighted by atomic mass is 32.2. The number of thioether (sulfide) groups is 1. The van der Waals surface area contributed by atoms with Crippen LogP contribution in [0.4, 0.5) is 0 Å². The zero-order valence-electron chi connectivity index (χ0n) is 11.0. The fourth-order valence-electron chi connectivity index (χ4n) is 1.83. The van der Waals surface area contributed by atoms with E-state index < -0.39 is 0 Å². The normalized spacial score (nSPS) is 13.9. The molecule has 0 radical (unpaired) electrons. The quantitative estimate of drug-likeness (QED) is 0.868. The first-order chi connectivity index (χ1) is 7.36. The van der Waals surface area contributed by atoms with Crippen molar-refractivity contribution in [2.75, 3.05) is 12.0 Å². The van der Waals surface area contributed by atoms with E-state index in [0.29, 0.717) is 0 Å². The lowest BCUT2D eigenvalue weighted by atomic mass is 9.85. The summed E-state index contributed by atoms with van der Waals surface area (Å²) in [4.78, 5) is 0. The van der Waals surface area contributed by atoms with Crippen molar-refractivity contribution in [3.63, 3.8) is 0 Å². The second-order valence-electron chi connectivity index (χ2n) is 5.38. The van der Waals surface area contributed by atoms with Gasteiger partial charge in [0.05, 0.1) is 0 Å². The molecule has 0 saturated carbocycles. The molecule has 16 heavy (non-hydrogen) atoms. The second-order valence-corrected chi connectivity index (χ2v) is 6.29. The van der Waals surface area contributed by atoms with Crippen LogP contribution in [0.5, 0.6) is 0 Å². The minimum Gasteiger partial charge on any atom is -0.323 e. The molecule has 0 fully saturated rings. The smallest absolute Gasteiger partial charge is 0.0389 e. The van der Waals surface area contributed by atoms with Crippen LogP contribution in [0.3, 0.4) is 0 Å². The van der Waals surface area contributed by atoms with Crippen LogP contribution in [0, 0.1) is 6.92 Å². The van der Waals surface area contributed by atoms with E-state index in [1.165, 1.54) is 16.7 Å². The monoisotopic (exact) mass is 237 g/mol. The summed E-state index contributed by atoms with van der Waals surface area (Å²) in [6, 6.07) is 6.83. The van der Waals surface area contributed by atoms with Gasteiger partial charge in [-0.05, 0) is 35.3 Å². The first kappa shape index (κ1) is 13.6. The first-order valence-corrected chi connectivity index (χ1v) is 7.11. The van der Waals surface area contributed by atoms with Gasteiger partial charge in [0.15, 0.2) is 0 Å². The molecule has 0 bridgehead atoms. The first-order valence-electron chi connectivity index (χ1n) is 5.72. The number of benzene rings is 1. The van der Waals surface area contributed by atoms with Gasteiger partial charge in [0.1, 0.15) is 0 Å². The Morgan fingerprint density at radius 1 is 1.31 bits per heavy atom. The maximum absolute atomic E-state index is 6.14. The van der Waals surface area contributed by atoms with Crippen molar-refractivity contribution in [3.05, 3.63) is 34.9 Å². The van der Waals surface area contributed by atoms with Gasteiger partial charge in [-0.3, -0.25) is 0 Å². The van der Waals surface area contributed by atoms with E-state index in [1.54, 1.807) is 11.8 Å². The zero-order valence-corrected chi connectivity index (χ0v) is 11.8. The minimum absolute atomic E-state index is 0.156. The van der Waals surface area contributed by atoms with Gasteiger partial charge in [0, 0.05) is 11.8 Å². The van der Waals surface area contributed by atoms with E-state index in [9.17, 15) is 0 Å². The van der Waals surface area contributed by atoms with Gasteiger partial charge in [-0.25, -0.2) is 0 Å². The van der Waals surface area contributed by atoms with Gasteiger partial charge in [-0.1, -0.05) is 39.0 Å². The summed E-state index contributed by atoms with van der Waals surface area (Å²) in [5.74, 6) is 0.982. The summed E-state index contributed by atoms with van der Waals surface area (Å²) in [6.45, 7) is 8.88.